The van der Waals surface area contributed by atoms with Crippen LogP contribution in [0.5, 0.6) is 17.2 Å². The van der Waals surface area contributed by atoms with Gasteiger partial charge in [0.25, 0.3) is 0 Å². The number of hydrogen-bond acceptors (Lipinski definition) is 5. The van der Waals surface area contributed by atoms with Crippen molar-refractivity contribution >= 4 is 17.4 Å². The van der Waals surface area contributed by atoms with Crippen molar-refractivity contribution in [3.63, 3.8) is 0 Å². The number of aryl methyl sites for hydroxylation is 7. The first-order valence-electron chi connectivity index (χ1n) is 20.1. The van der Waals surface area contributed by atoms with Crippen LogP contribution in [0.25, 0.3) is 33.4 Å². The second kappa shape index (κ2) is 14.5. The van der Waals surface area contributed by atoms with Crippen molar-refractivity contribution in [1.82, 2.24) is 0 Å². The minimum atomic E-state index is -0.709. The van der Waals surface area contributed by atoms with Crippen LogP contribution >= 0.6 is 11.6 Å². The van der Waals surface area contributed by atoms with Crippen LogP contribution in [0.1, 0.15) is 95.9 Å². The maximum atomic E-state index is 12.5. The Morgan fingerprint density at radius 1 is 0.561 bits per heavy atom. The number of hydrogen-bond donors (Lipinski definition) is 4. The van der Waals surface area contributed by atoms with Gasteiger partial charge in [-0.2, -0.15) is 0 Å². The Kier molecular flexibility index (Phi) is 9.50. The molecule has 0 heterocycles. The molecule has 6 aromatic carbocycles. The monoisotopic (exact) mass is 774 g/mol. The Hall–Kier alpha value is -5.36. The lowest BCUT2D eigenvalue weighted by Gasteiger charge is -2.18. The van der Waals surface area contributed by atoms with Gasteiger partial charge >= 0.3 is 0 Å². The fourth-order valence-corrected chi connectivity index (χ4v) is 9.90. The van der Waals surface area contributed by atoms with E-state index in [4.69, 9.17) is 11.6 Å². The van der Waals surface area contributed by atoms with Crippen LogP contribution in [0.3, 0.4) is 0 Å². The molecule has 0 bridgehead atoms. The van der Waals surface area contributed by atoms with E-state index in [0.717, 1.165) is 108 Å². The van der Waals surface area contributed by atoms with Crippen molar-refractivity contribution in [3.05, 3.63) is 158 Å². The maximum Gasteiger partial charge on any atom is 0.163 e. The second-order valence-corrected chi connectivity index (χ2v) is 17.2. The largest absolute Gasteiger partial charge is 0.507 e. The minimum Gasteiger partial charge on any atom is -0.507 e. The molecule has 0 radical (unpaired) electrons. The van der Waals surface area contributed by atoms with Crippen LogP contribution in [0.15, 0.2) is 91.0 Å². The summed E-state index contributed by atoms with van der Waals surface area (Å²) in [4.78, 5) is 12.5. The minimum absolute atomic E-state index is 0.0714. The quantitative estimate of drug-likeness (QED) is 0.115. The highest BCUT2D eigenvalue weighted by molar-refractivity contribution is 6.21. The smallest absolute Gasteiger partial charge is 0.163 e. The third-order valence-electron chi connectivity index (χ3n) is 12.9. The van der Waals surface area contributed by atoms with Crippen LogP contribution in [0, 0.1) is 26.7 Å². The fourth-order valence-electron chi connectivity index (χ4n) is 9.58. The summed E-state index contributed by atoms with van der Waals surface area (Å²) in [5, 5.41) is 45.3. The van der Waals surface area contributed by atoms with Crippen LogP contribution in [-0.4, -0.2) is 26.2 Å². The maximum absolute atomic E-state index is 12.5. The summed E-state index contributed by atoms with van der Waals surface area (Å²) in [5.41, 5.74) is 17.1. The van der Waals surface area contributed by atoms with Gasteiger partial charge in [0.2, 0.25) is 0 Å². The van der Waals surface area contributed by atoms with E-state index in [2.05, 4.69) is 48.5 Å². The van der Waals surface area contributed by atoms with Gasteiger partial charge in [0, 0.05) is 12.0 Å². The number of aromatic hydroxyl groups is 3. The van der Waals surface area contributed by atoms with E-state index in [1.54, 1.807) is 0 Å². The highest BCUT2D eigenvalue weighted by Crippen LogP contribution is 2.44. The predicted octanol–water partition coefficient (Wildman–Crippen LogP) is 11.3. The van der Waals surface area contributed by atoms with Gasteiger partial charge in [-0.1, -0.05) is 42.5 Å². The fraction of sp³-hybridized carbons (Fsp3) is 0.275. The Morgan fingerprint density at radius 2 is 1.11 bits per heavy atom. The number of halogens is 1. The molecule has 0 spiro atoms. The van der Waals surface area contributed by atoms with Gasteiger partial charge in [0.15, 0.2) is 5.78 Å². The van der Waals surface area contributed by atoms with Crippen LogP contribution in [0.2, 0.25) is 0 Å². The molecule has 0 fully saturated rings. The number of fused-ring (bicyclic) bond motifs is 3. The number of carbonyl (C=O) groups excluding carboxylic acids is 1. The van der Waals surface area contributed by atoms with Crippen molar-refractivity contribution in [2.45, 2.75) is 83.6 Å². The van der Waals surface area contributed by atoms with Crippen molar-refractivity contribution < 1.29 is 25.2 Å². The Labute approximate surface area is 339 Å². The van der Waals surface area contributed by atoms with Gasteiger partial charge in [0.1, 0.15) is 17.2 Å². The van der Waals surface area contributed by atoms with E-state index in [9.17, 15) is 25.2 Å². The number of ketones is 1. The van der Waals surface area contributed by atoms with Crippen molar-refractivity contribution in [1.29, 1.82) is 0 Å². The zero-order valence-corrected chi connectivity index (χ0v) is 33.4. The summed E-state index contributed by atoms with van der Waals surface area (Å²) in [7, 11) is 0. The zero-order chi connectivity index (χ0) is 39.7. The third kappa shape index (κ3) is 6.81. The summed E-state index contributed by atoms with van der Waals surface area (Å²) in [6.45, 7) is 5.73. The number of alkyl halides is 1. The van der Waals surface area contributed by atoms with Gasteiger partial charge in [-0.15, -0.1) is 11.6 Å². The van der Waals surface area contributed by atoms with Crippen LogP contribution in [0.4, 0.5) is 0 Å². The molecule has 3 atom stereocenters. The van der Waals surface area contributed by atoms with Gasteiger partial charge in [-0.05, 0) is 215 Å². The lowest BCUT2D eigenvalue weighted by Crippen LogP contribution is -2.11. The molecular formula is C51H47ClO5. The van der Waals surface area contributed by atoms with E-state index in [0.29, 0.717) is 32.1 Å². The number of rotatable bonds is 8. The zero-order valence-electron chi connectivity index (χ0n) is 32.6. The number of aliphatic hydroxyl groups excluding tert-OH is 1. The average Bonchev–Trinajstić information content (AvgIpc) is 3.87. The third-order valence-corrected chi connectivity index (χ3v) is 13.3. The first-order chi connectivity index (χ1) is 27.4. The molecule has 6 heteroatoms. The van der Waals surface area contributed by atoms with Gasteiger partial charge in [0.05, 0.1) is 11.5 Å². The number of benzene rings is 6. The Balaban J connectivity index is 0.944. The lowest BCUT2D eigenvalue weighted by molar-refractivity contribution is 0.0994. The second-order valence-electron chi connectivity index (χ2n) is 16.6. The van der Waals surface area contributed by atoms with Crippen LogP contribution in [-0.2, 0) is 38.5 Å². The van der Waals surface area contributed by atoms with Crippen LogP contribution < -0.4 is 0 Å². The average molecular weight is 775 g/mol. The molecule has 3 unspecified atom stereocenters. The number of Topliss-reactive ketones (excluding diaryl/α,β-unsaturated/α-hetero) is 1. The molecule has 0 aromatic heterocycles. The molecule has 57 heavy (non-hydrogen) atoms. The summed E-state index contributed by atoms with van der Waals surface area (Å²) in [6, 6.07) is 30.9. The molecule has 0 saturated heterocycles. The van der Waals surface area contributed by atoms with Crippen molar-refractivity contribution in [3.8, 4) is 50.6 Å². The molecule has 0 saturated carbocycles. The molecular weight excluding hydrogens is 728 g/mol. The first-order valence-corrected chi connectivity index (χ1v) is 20.6. The van der Waals surface area contributed by atoms with Gasteiger partial charge in [-0.3, -0.25) is 4.79 Å². The number of carbonyl (C=O) groups is 1. The van der Waals surface area contributed by atoms with Crippen molar-refractivity contribution in [2.75, 3.05) is 0 Å². The van der Waals surface area contributed by atoms with Gasteiger partial charge in [-0.25, -0.2) is 0 Å². The number of aliphatic hydroxyl groups is 1. The standard InChI is InChI=1S/C51H47ClO5/c1-27-16-38(31-10-13-43-34(19-31)11-14-46(43)52)21-36(48(27)54)8-9-37-22-39(17-28(2)49(37)55)33-6-7-35-20-42(51(57)45(35)26-33)24-41-23-40(18-29(3)50(41)56)32-5-4-30-12-15-47(53)44(30)25-32/h4-7,10,13,16-19,21-23,25-26,42,46,51,54-57H,8-9,11-12,14-15,20,24H2,1-3H3. The SMILES string of the molecule is Cc1cc(-c2ccc3c(c2)CCC3Cl)cc(CCc2cc(-c3ccc4c(c3)C(O)C(Cc3cc(-c5ccc6c(c5)C(=O)CC6)cc(C)c3O)C4)cc(C)c2O)c1O. The molecule has 0 aliphatic heterocycles. The summed E-state index contributed by atoms with van der Waals surface area (Å²) < 4.78 is 0. The molecule has 0 amide bonds. The molecule has 288 valence electrons. The first kappa shape index (κ1) is 37.2. The molecule has 6 aromatic rings. The normalized spacial score (nSPS) is 18.2. The summed E-state index contributed by atoms with van der Waals surface area (Å²) in [6.07, 6.45) is 4.85. The predicted molar refractivity (Wildman–Crippen MR) is 228 cm³/mol. The van der Waals surface area contributed by atoms with Crippen molar-refractivity contribution in [2.24, 2.45) is 5.92 Å². The van der Waals surface area contributed by atoms with E-state index < -0.39 is 6.10 Å². The van der Waals surface area contributed by atoms with E-state index in [-0.39, 0.29) is 34.3 Å². The molecule has 3 aliphatic carbocycles. The topological polar surface area (TPSA) is 98.0 Å². The molecule has 3 aliphatic rings. The van der Waals surface area contributed by atoms with Gasteiger partial charge < -0.3 is 20.4 Å². The summed E-state index contributed by atoms with van der Waals surface area (Å²) in [5.74, 6) is 0.850. The van der Waals surface area contributed by atoms with E-state index in [1.165, 1.54) is 11.1 Å². The number of phenols is 3. The van der Waals surface area contributed by atoms with E-state index >= 15 is 0 Å². The number of phenolic OH excluding ortho intramolecular Hbond substituents is 3. The highest BCUT2D eigenvalue weighted by Gasteiger charge is 2.32. The highest BCUT2D eigenvalue weighted by atomic mass is 35.5. The molecule has 5 nitrogen and oxygen atoms in total. The molecule has 9 rings (SSSR count). The van der Waals surface area contributed by atoms with E-state index in [1.807, 2.05) is 63.2 Å². The summed E-state index contributed by atoms with van der Waals surface area (Å²) >= 11 is 6.51. The lowest BCUT2D eigenvalue weighted by atomic mass is 9.90. The Morgan fingerprint density at radius 3 is 1.75 bits per heavy atom. The molecule has 4 N–H and O–H groups in total. The Bertz CT molecular complexity index is 2620.